The average Bonchev–Trinajstić information content (AvgIpc) is 4.07. The molecular weight excluding hydrogens is 892 g/mol. The number of amides is 2. The maximum atomic E-state index is 13.6. The van der Waals surface area contributed by atoms with E-state index in [2.05, 4.69) is 70.7 Å². The largest absolute Gasteiger partial charge is 0.489 e. The van der Waals surface area contributed by atoms with Gasteiger partial charge in [-0.3, -0.25) is 29.8 Å². The lowest BCUT2D eigenvalue weighted by Crippen LogP contribution is -2.75. The Morgan fingerprint density at radius 1 is 0.940 bits per heavy atom. The first kappa shape index (κ1) is 47.3. The molecule has 3 saturated heterocycles. The maximum absolute atomic E-state index is 13.6. The molecule has 2 amide bonds. The van der Waals surface area contributed by atoms with Crippen molar-refractivity contribution < 1.29 is 32.2 Å². The van der Waals surface area contributed by atoms with Crippen molar-refractivity contribution in [1.29, 1.82) is 5.26 Å². The number of benzene rings is 3. The van der Waals surface area contributed by atoms with Gasteiger partial charge < -0.3 is 29.7 Å². The summed E-state index contributed by atoms with van der Waals surface area (Å²) in [6.45, 7) is 12.6. The molecule has 0 bridgehead atoms. The number of nitriles is 1. The van der Waals surface area contributed by atoms with Crippen LogP contribution in [0.5, 0.6) is 17.2 Å². The van der Waals surface area contributed by atoms with E-state index in [1.807, 2.05) is 36.5 Å². The van der Waals surface area contributed by atoms with Crippen molar-refractivity contribution in [2.24, 2.45) is 22.7 Å². The van der Waals surface area contributed by atoms with Crippen LogP contribution in [0, 0.1) is 34.0 Å². The van der Waals surface area contributed by atoms with E-state index in [9.17, 15) is 23.3 Å². The lowest BCUT2D eigenvalue weighted by Gasteiger charge is -2.63. The normalized spacial score (nSPS) is 27.3. The van der Waals surface area contributed by atoms with E-state index in [0.29, 0.717) is 72.5 Å². The minimum atomic E-state index is -3.48. The molecule has 15 nitrogen and oxygen atoms in total. The average molecular weight is 956 g/mol. The fraction of sp³-hybridized carbons (Fsp3) is 0.540. The summed E-state index contributed by atoms with van der Waals surface area (Å²) >= 11 is 6.27. The minimum absolute atomic E-state index is 0.0147. The summed E-state index contributed by atoms with van der Waals surface area (Å²) in [5.74, 6) is 1.62. The van der Waals surface area contributed by atoms with E-state index in [4.69, 9.17) is 25.8 Å². The second-order valence-electron chi connectivity index (χ2n) is 20.3. The Labute approximate surface area is 399 Å². The summed E-state index contributed by atoms with van der Waals surface area (Å²) < 4.78 is 48.0. The second kappa shape index (κ2) is 19.0. The number of hydrogen-bond acceptors (Lipinski definition) is 12. The lowest BCUT2D eigenvalue weighted by molar-refractivity contribution is -0.174. The monoisotopic (exact) mass is 954 g/mol. The Morgan fingerprint density at radius 2 is 1.69 bits per heavy atom. The highest BCUT2D eigenvalue weighted by atomic mass is 35.5. The highest BCUT2D eigenvalue weighted by molar-refractivity contribution is 7.93. The van der Waals surface area contributed by atoms with Crippen LogP contribution in [0.15, 0.2) is 66.9 Å². The van der Waals surface area contributed by atoms with Gasteiger partial charge in [0.15, 0.2) is 0 Å². The number of hydrogen-bond donors (Lipinski definition) is 5. The highest BCUT2D eigenvalue weighted by Crippen LogP contribution is 2.56. The van der Waals surface area contributed by atoms with Gasteiger partial charge in [-0.25, -0.2) is 8.42 Å². The molecule has 2 saturated carbocycles. The number of carbonyl (C=O) groups is 2. The molecule has 5 fully saturated rings. The molecule has 0 radical (unpaired) electrons. The van der Waals surface area contributed by atoms with Crippen LogP contribution in [0.3, 0.4) is 0 Å². The molecule has 0 spiro atoms. The number of fused-ring (bicyclic) bond motifs is 1. The topological polar surface area (TPSA) is 186 Å². The van der Waals surface area contributed by atoms with Gasteiger partial charge in [0.05, 0.1) is 40.5 Å². The van der Waals surface area contributed by atoms with Crippen LogP contribution < -0.4 is 35.5 Å². The molecule has 9 rings (SSSR count). The third-order valence-electron chi connectivity index (χ3n) is 14.7. The van der Waals surface area contributed by atoms with Crippen molar-refractivity contribution >= 4 is 44.7 Å². The molecule has 0 aromatic heterocycles. The number of rotatable bonds is 15. The Hall–Kier alpha value is -4.73. The number of carbonyl (C=O) groups excluding carboxylic acids is 2. The van der Waals surface area contributed by atoms with Gasteiger partial charge in [-0.15, -0.1) is 0 Å². The molecule has 4 heterocycles. The first-order valence-corrected chi connectivity index (χ1v) is 25.6. The van der Waals surface area contributed by atoms with Gasteiger partial charge in [0.25, 0.3) is 0 Å². The van der Waals surface area contributed by atoms with Crippen molar-refractivity contribution in [2.75, 3.05) is 51.1 Å². The Balaban J connectivity index is 0.737. The molecule has 4 aliphatic heterocycles. The van der Waals surface area contributed by atoms with Gasteiger partial charge in [0, 0.05) is 79.5 Å². The van der Waals surface area contributed by atoms with Crippen molar-refractivity contribution in [1.82, 2.24) is 31.1 Å². The number of anilines is 1. The van der Waals surface area contributed by atoms with E-state index in [1.54, 1.807) is 36.2 Å². The third kappa shape index (κ3) is 9.92. The predicted molar refractivity (Wildman–Crippen MR) is 257 cm³/mol. The van der Waals surface area contributed by atoms with Gasteiger partial charge in [-0.1, -0.05) is 51.4 Å². The number of sulfonamides is 1. The molecule has 2 unspecified atom stereocenters. The van der Waals surface area contributed by atoms with Crippen LogP contribution in [0.4, 0.5) is 5.69 Å². The van der Waals surface area contributed by atoms with Crippen molar-refractivity contribution in [2.45, 2.75) is 102 Å². The van der Waals surface area contributed by atoms with Crippen molar-refractivity contribution in [3.05, 3.63) is 88.6 Å². The molecule has 5 N–H and O–H groups in total. The summed E-state index contributed by atoms with van der Waals surface area (Å²) in [7, 11) is -1.73. The van der Waals surface area contributed by atoms with Gasteiger partial charge in [0.1, 0.15) is 35.7 Å². The van der Waals surface area contributed by atoms with Crippen LogP contribution in [0.25, 0.3) is 5.57 Å². The van der Waals surface area contributed by atoms with Crippen LogP contribution in [-0.2, 0) is 30.8 Å². The fourth-order valence-electron chi connectivity index (χ4n) is 11.2. The zero-order chi connectivity index (χ0) is 47.3. The van der Waals surface area contributed by atoms with Gasteiger partial charge in [-0.05, 0) is 98.7 Å². The summed E-state index contributed by atoms with van der Waals surface area (Å²) in [6.07, 6.45) is 6.46. The summed E-state index contributed by atoms with van der Waals surface area (Å²) in [6, 6.07) is 20.1. The van der Waals surface area contributed by atoms with Gasteiger partial charge >= 0.3 is 0 Å². The predicted octanol–water partition coefficient (Wildman–Crippen LogP) is 5.81. The zero-order valence-electron chi connectivity index (χ0n) is 38.9. The fourth-order valence-corrected chi connectivity index (χ4v) is 12.8. The van der Waals surface area contributed by atoms with Crippen LogP contribution in [-0.4, -0.2) is 112 Å². The SMILES string of the molecule is CN1C=C(c2cc(NS(=O)(=O)C3CC3)ccc2Oc2cccc(CCOC3CCN(C4NCC(C(=O)NC5C(C)(C)C(Oc6ccc(C#N)c(Cl)c6)C5(C)C)CN4)CC3)c2)C2CCNC2C1=O. The number of nitrogens with one attached hydrogen (secondary N) is 5. The minimum Gasteiger partial charge on any atom is -0.489 e. The molecule has 358 valence electrons. The van der Waals surface area contributed by atoms with E-state index in [-0.39, 0.29) is 70.3 Å². The number of nitrogens with zero attached hydrogens (tertiary/aromatic N) is 3. The number of ether oxygens (including phenoxy) is 3. The Bertz CT molecular complexity index is 2530. The summed E-state index contributed by atoms with van der Waals surface area (Å²) in [5.41, 5.74) is 2.97. The number of likely N-dealkylation sites (N-methyl/N-ethyl adjacent to an activating group) is 1. The smallest absolute Gasteiger partial charge is 0.244 e. The molecular formula is C50H63ClN8O7S. The van der Waals surface area contributed by atoms with E-state index >= 15 is 0 Å². The quantitative estimate of drug-likeness (QED) is 0.123. The van der Waals surface area contributed by atoms with Gasteiger partial charge in [0.2, 0.25) is 21.8 Å². The number of piperidine rings is 1. The lowest BCUT2D eigenvalue weighted by atomic mass is 9.49. The maximum Gasteiger partial charge on any atom is 0.244 e. The van der Waals surface area contributed by atoms with Crippen molar-refractivity contribution in [3.8, 4) is 23.3 Å². The standard InChI is InChI=1S/C50H63ClN8O7S/c1-49(2)46(50(3,4)47(49)66-36-11-9-31(26-52)41(51)25-36)56-44(60)32-27-54-48(55-28-32)59-20-16-34(17-21-59)64-22-18-30-7-6-8-35(23-30)65-42-14-10-33(57-67(62,63)37-12-13-37)24-39(42)40-29-58(5)45(61)43-38(40)15-19-53-43/h6-11,14,23-25,29,32,34,37-38,43,46-48,53-55,57H,12-13,15-22,27-28H2,1-5H3,(H,56,60). The molecule has 2 atom stereocenters. The first-order valence-electron chi connectivity index (χ1n) is 23.7. The summed E-state index contributed by atoms with van der Waals surface area (Å²) in [5, 5.41) is 23.1. The van der Waals surface area contributed by atoms with Crippen LogP contribution >= 0.6 is 11.6 Å². The van der Waals surface area contributed by atoms with Gasteiger partial charge in [-0.2, -0.15) is 5.26 Å². The molecule has 3 aromatic rings. The Kier molecular flexibility index (Phi) is 13.4. The molecule has 17 heteroatoms. The van der Waals surface area contributed by atoms with E-state index in [0.717, 1.165) is 55.6 Å². The molecule has 67 heavy (non-hydrogen) atoms. The number of halogens is 1. The first-order chi connectivity index (χ1) is 32.0. The highest BCUT2D eigenvalue weighted by Gasteiger charge is 2.64. The second-order valence-corrected chi connectivity index (χ2v) is 22.6. The van der Waals surface area contributed by atoms with E-state index < -0.39 is 10.0 Å². The van der Waals surface area contributed by atoms with Crippen LogP contribution in [0.1, 0.15) is 76.5 Å². The van der Waals surface area contributed by atoms with E-state index in [1.165, 1.54) is 0 Å². The summed E-state index contributed by atoms with van der Waals surface area (Å²) in [4.78, 5) is 30.6. The third-order valence-corrected chi connectivity index (χ3v) is 16.9. The Morgan fingerprint density at radius 3 is 2.39 bits per heavy atom. The molecule has 6 aliphatic rings. The zero-order valence-corrected chi connectivity index (χ0v) is 40.5. The van der Waals surface area contributed by atoms with Crippen LogP contribution in [0.2, 0.25) is 5.02 Å². The number of likely N-dealkylation sites (tertiary alicyclic amines) is 1. The molecule has 2 aliphatic carbocycles. The molecule has 3 aromatic carbocycles. The van der Waals surface area contributed by atoms with Crippen molar-refractivity contribution in [3.63, 3.8) is 0 Å².